The Morgan fingerprint density at radius 1 is 0.924 bits per heavy atom. The van der Waals surface area contributed by atoms with Gasteiger partial charge < -0.3 is 65.7 Å². The van der Waals surface area contributed by atoms with Crippen molar-refractivity contribution in [3.63, 3.8) is 0 Å². The number of aryl methyl sites for hydroxylation is 1. The summed E-state index contributed by atoms with van der Waals surface area (Å²) < 4.78 is 25.8. The predicted molar refractivity (Wildman–Crippen MR) is 242 cm³/mol. The van der Waals surface area contributed by atoms with Gasteiger partial charge in [-0.1, -0.05) is 61.4 Å². The maximum atomic E-state index is 15.1. The highest BCUT2D eigenvalue weighted by molar-refractivity contribution is 6.00. The minimum Gasteiger partial charge on any atom is -0.504 e. The first-order chi connectivity index (χ1) is 31.8. The number of aromatic hydroxyl groups is 3. The van der Waals surface area contributed by atoms with Crippen LogP contribution < -0.4 is 15.8 Å². The number of carboxylic acids is 1. The van der Waals surface area contributed by atoms with E-state index < -0.39 is 96.2 Å². The minimum absolute atomic E-state index is 0.0107. The smallest absolute Gasteiger partial charge is 0.336 e. The van der Waals surface area contributed by atoms with E-state index in [-0.39, 0.29) is 73.6 Å². The van der Waals surface area contributed by atoms with Crippen molar-refractivity contribution in [2.24, 2.45) is 17.6 Å². The zero-order chi connectivity index (χ0) is 47.1. The number of hydrogen-bond donors (Lipinski definition) is 9. The van der Waals surface area contributed by atoms with E-state index in [4.69, 9.17) is 24.7 Å². The van der Waals surface area contributed by atoms with Crippen molar-refractivity contribution in [2.45, 2.75) is 112 Å². The molecule has 0 amide bonds. The maximum Gasteiger partial charge on any atom is 0.336 e. The Bertz CT molecular complexity index is 2250. The van der Waals surface area contributed by atoms with Crippen LogP contribution in [0.3, 0.4) is 0 Å². The van der Waals surface area contributed by atoms with Gasteiger partial charge in [-0.3, -0.25) is 9.59 Å². The van der Waals surface area contributed by atoms with Crippen LogP contribution in [0, 0.1) is 11.8 Å². The Kier molecular flexibility index (Phi) is 15.7. The SMILES string of the molecule is NCCOc1ccc(/C=C/C(=O)CO[C@@]2(C(=O)O)C[C@@H](O)[C@H]3OC[C@H](CCc4ccccc4)C[C@]4(C(=O)/C=C/c5cc(O)c(O)cc5CO)CC[C@H]2[C@@]3([C@H](CO)NC2CCCC2)O4)cc1O. The third-order valence-corrected chi connectivity index (χ3v) is 13.9. The van der Waals surface area contributed by atoms with Crippen LogP contribution in [-0.2, 0) is 41.6 Å². The van der Waals surface area contributed by atoms with E-state index in [2.05, 4.69) is 5.32 Å². The van der Waals surface area contributed by atoms with Gasteiger partial charge in [0.1, 0.15) is 30.5 Å². The number of aliphatic hydroxyl groups is 3. The number of aliphatic carboxylic acids is 1. The van der Waals surface area contributed by atoms with Crippen molar-refractivity contribution < 1.29 is 69.1 Å². The number of carbonyl (C=O) groups is 3. The number of carbonyl (C=O) groups excluding carboxylic acids is 2. The highest BCUT2D eigenvalue weighted by Crippen LogP contribution is 2.58. The van der Waals surface area contributed by atoms with Gasteiger partial charge in [-0.2, -0.15) is 0 Å². The third kappa shape index (κ3) is 10.2. The van der Waals surface area contributed by atoms with Crippen molar-refractivity contribution in [1.82, 2.24) is 5.32 Å². The molecule has 0 unspecified atom stereocenters. The van der Waals surface area contributed by atoms with E-state index in [0.29, 0.717) is 18.4 Å². The Labute approximate surface area is 383 Å². The van der Waals surface area contributed by atoms with Crippen LogP contribution in [0.25, 0.3) is 12.2 Å². The van der Waals surface area contributed by atoms with Gasteiger partial charge in [0.2, 0.25) is 0 Å². The molecule has 356 valence electrons. The number of nitrogens with two attached hydrogens (primary N) is 1. The molecule has 7 rings (SSSR count). The lowest BCUT2D eigenvalue weighted by atomic mass is 9.55. The van der Waals surface area contributed by atoms with Crippen molar-refractivity contribution in [3.05, 3.63) is 95.1 Å². The highest BCUT2D eigenvalue weighted by atomic mass is 16.6. The van der Waals surface area contributed by atoms with Crippen LogP contribution in [0.4, 0.5) is 0 Å². The second-order valence-corrected chi connectivity index (χ2v) is 18.1. The third-order valence-electron chi connectivity index (χ3n) is 13.9. The summed E-state index contributed by atoms with van der Waals surface area (Å²) in [6.45, 7) is -1.32. The minimum atomic E-state index is -2.27. The second-order valence-electron chi connectivity index (χ2n) is 18.1. The molecule has 0 aromatic heterocycles. The number of aliphatic hydroxyl groups excluding tert-OH is 3. The first-order valence-corrected chi connectivity index (χ1v) is 22.8. The fourth-order valence-corrected chi connectivity index (χ4v) is 10.7. The molecule has 16 nitrogen and oxygen atoms in total. The largest absolute Gasteiger partial charge is 0.504 e. The van der Waals surface area contributed by atoms with Crippen LogP contribution in [0.2, 0.25) is 0 Å². The number of phenols is 3. The van der Waals surface area contributed by atoms with Gasteiger partial charge in [0.05, 0.1) is 32.0 Å². The Balaban J connectivity index is 1.28. The average Bonchev–Trinajstić information content (AvgIpc) is 3.83. The average molecular weight is 915 g/mol. The molecule has 2 saturated heterocycles. The molecule has 2 aliphatic carbocycles. The maximum absolute atomic E-state index is 15.1. The van der Waals surface area contributed by atoms with Gasteiger partial charge in [0.25, 0.3) is 0 Å². The summed E-state index contributed by atoms with van der Waals surface area (Å²) in [7, 11) is 0. The lowest BCUT2D eigenvalue weighted by molar-refractivity contribution is -0.344. The fourth-order valence-electron chi connectivity index (χ4n) is 10.7. The van der Waals surface area contributed by atoms with Crippen molar-refractivity contribution >= 4 is 29.7 Å². The molecule has 16 heteroatoms. The topological polar surface area (TPSA) is 268 Å². The lowest BCUT2D eigenvalue weighted by Crippen LogP contribution is -2.81. The summed E-state index contributed by atoms with van der Waals surface area (Å²) in [4.78, 5) is 42.6. The summed E-state index contributed by atoms with van der Waals surface area (Å²) in [5.74, 6) is -4.92. The number of ether oxygens (including phenoxy) is 4. The first-order valence-electron chi connectivity index (χ1n) is 22.8. The molecule has 3 aromatic carbocycles. The quantitative estimate of drug-likeness (QED) is 0.0574. The van der Waals surface area contributed by atoms with Gasteiger partial charge in [0.15, 0.2) is 40.2 Å². The monoisotopic (exact) mass is 914 g/mol. The van der Waals surface area contributed by atoms with E-state index >= 15 is 4.79 Å². The molecule has 3 aromatic rings. The number of phenolic OH excluding ortho intramolecular Hbond substituents is 3. The summed E-state index contributed by atoms with van der Waals surface area (Å²) in [5, 5.41) is 79.6. The van der Waals surface area contributed by atoms with Gasteiger partial charge >= 0.3 is 5.97 Å². The number of nitrogens with one attached hydrogen (secondary N) is 1. The molecular weight excluding hydrogens is 853 g/mol. The predicted octanol–water partition coefficient (Wildman–Crippen LogP) is 3.94. The molecule has 2 aliphatic heterocycles. The van der Waals surface area contributed by atoms with Gasteiger partial charge in [-0.15, -0.1) is 0 Å². The fraction of sp³-hybridized carbons (Fsp3) is 0.500. The lowest BCUT2D eigenvalue weighted by Gasteiger charge is -2.65. The molecular formula is C50H62N2O14. The standard InChI is InChI=1S/C50H62N2O14/c51-20-21-63-42-16-13-32(22-40(42)58)12-15-37(55)30-65-49(47(61)62)26-41(59)46-50(44(28-54)52-36-8-4-5-9-36)43(49)18-19-48(66-50,25-33(29-64-46)11-10-31-6-2-1-3-7-31)45(60)17-14-34-23-38(56)39(57)24-35(34)27-53/h1-3,6-7,12-17,22-24,33,36,41,43-44,46,52-54,56-59H,4-5,8-11,18-21,25-30,51H2,(H,61,62)/b15-12+,17-14+/t33-,41-,43-,44+,46-,48+,49+,50+/m1/s1. The second kappa shape index (κ2) is 21.2. The molecule has 66 heavy (non-hydrogen) atoms. The van der Waals surface area contributed by atoms with Gasteiger partial charge in [-0.25, -0.2) is 4.79 Å². The van der Waals surface area contributed by atoms with Crippen LogP contribution in [0.5, 0.6) is 23.0 Å². The van der Waals surface area contributed by atoms with Crippen molar-refractivity contribution in [3.8, 4) is 23.0 Å². The summed E-state index contributed by atoms with van der Waals surface area (Å²) in [5.41, 5.74) is 1.66. The van der Waals surface area contributed by atoms with Crippen molar-refractivity contribution in [1.29, 1.82) is 0 Å². The molecule has 0 spiro atoms. The number of benzene rings is 3. The number of ketones is 2. The Morgan fingerprint density at radius 2 is 1.68 bits per heavy atom. The number of rotatable bonds is 20. The summed E-state index contributed by atoms with van der Waals surface area (Å²) in [6.07, 6.45) is 6.64. The molecule has 2 heterocycles. The van der Waals surface area contributed by atoms with E-state index in [1.165, 1.54) is 48.6 Å². The van der Waals surface area contributed by atoms with E-state index in [9.17, 15) is 45.3 Å². The number of hydrogen-bond acceptors (Lipinski definition) is 15. The first kappa shape index (κ1) is 48.8. The Morgan fingerprint density at radius 3 is 2.38 bits per heavy atom. The van der Waals surface area contributed by atoms with E-state index in [0.717, 1.165) is 31.2 Å². The zero-order valence-electron chi connectivity index (χ0n) is 36.9. The van der Waals surface area contributed by atoms with Crippen LogP contribution in [0.15, 0.2) is 72.8 Å². The van der Waals surface area contributed by atoms with Crippen LogP contribution >= 0.6 is 0 Å². The summed E-state index contributed by atoms with van der Waals surface area (Å²) in [6, 6.07) is 15.6. The summed E-state index contributed by atoms with van der Waals surface area (Å²) >= 11 is 0. The van der Waals surface area contributed by atoms with Crippen molar-refractivity contribution in [2.75, 3.05) is 33.0 Å². The molecule has 8 atom stereocenters. The van der Waals surface area contributed by atoms with Gasteiger partial charge in [-0.05, 0) is 110 Å². The molecule has 10 N–H and O–H groups in total. The van der Waals surface area contributed by atoms with Crippen LogP contribution in [-0.4, -0.2) is 127 Å². The van der Waals surface area contributed by atoms with Crippen LogP contribution in [0.1, 0.15) is 80.0 Å². The highest BCUT2D eigenvalue weighted by Gasteiger charge is 2.73. The van der Waals surface area contributed by atoms with Gasteiger partial charge in [0, 0.05) is 24.9 Å². The molecule has 2 bridgehead atoms. The molecule has 0 radical (unpaired) electrons. The molecule has 4 aliphatic rings. The number of carboxylic acid groups (broad SMARTS) is 1. The van der Waals surface area contributed by atoms with E-state index in [1.807, 2.05) is 30.3 Å². The Hall–Kier alpha value is -5.17. The normalized spacial score (nSPS) is 28.2. The zero-order valence-corrected chi connectivity index (χ0v) is 36.9. The number of fused-ring (bicyclic) bond motifs is 1. The molecule has 4 fully saturated rings. The van der Waals surface area contributed by atoms with E-state index in [1.54, 1.807) is 6.07 Å². The molecule has 2 saturated carbocycles.